The van der Waals surface area contributed by atoms with Gasteiger partial charge in [0.2, 0.25) is 5.91 Å². The highest BCUT2D eigenvalue weighted by Gasteiger charge is 2.05. The van der Waals surface area contributed by atoms with Gasteiger partial charge in [-0.2, -0.15) is 0 Å². The van der Waals surface area contributed by atoms with Gasteiger partial charge in [0.1, 0.15) is 0 Å². The highest BCUT2D eigenvalue weighted by molar-refractivity contribution is 5.92. The van der Waals surface area contributed by atoms with Gasteiger partial charge in [0.05, 0.1) is 0 Å². The zero-order chi connectivity index (χ0) is 15.1. The van der Waals surface area contributed by atoms with Crippen LogP contribution in [0.15, 0.2) is 53.7 Å². The number of carbonyl (C=O) groups excluding carboxylic acids is 1. The van der Waals surface area contributed by atoms with E-state index in [-0.39, 0.29) is 0 Å². The molecule has 0 aliphatic heterocycles. The maximum Gasteiger partial charge on any atom is 0.242 e. The quantitative estimate of drug-likeness (QED) is 0.354. The lowest BCUT2D eigenvalue weighted by atomic mass is 10.2. The van der Waals surface area contributed by atoms with E-state index in [9.17, 15) is 4.79 Å². The minimum absolute atomic E-state index is 0.594. The van der Waals surface area contributed by atoms with Crippen LogP contribution in [0.5, 0.6) is 0 Å². The summed E-state index contributed by atoms with van der Waals surface area (Å²) in [6.07, 6.45) is 3.88. The Kier molecular flexibility index (Phi) is 4.96. The molecule has 1 heterocycles. The summed E-state index contributed by atoms with van der Waals surface area (Å²) in [4.78, 5) is 13.7. The Morgan fingerprint density at radius 2 is 2.05 bits per heavy atom. The minimum atomic E-state index is -0.594. The third kappa shape index (κ3) is 3.84. The molecule has 1 aromatic heterocycles. The second kappa shape index (κ2) is 7.12. The Labute approximate surface area is 123 Å². The number of aryl methyl sites for hydroxylation is 1. The van der Waals surface area contributed by atoms with Crippen LogP contribution < -0.4 is 0 Å². The number of azide groups is 1. The zero-order valence-electron chi connectivity index (χ0n) is 11.8. The van der Waals surface area contributed by atoms with Gasteiger partial charge in [0.15, 0.2) is 0 Å². The third-order valence-corrected chi connectivity index (χ3v) is 3.19. The van der Waals surface area contributed by atoms with E-state index in [0.29, 0.717) is 0 Å². The maximum atomic E-state index is 11.2. The van der Waals surface area contributed by atoms with Gasteiger partial charge in [-0.3, -0.25) is 4.79 Å². The molecule has 0 saturated heterocycles. The normalized spacial score (nSPS) is 10.5. The van der Waals surface area contributed by atoms with E-state index in [1.807, 2.05) is 30.3 Å². The first kappa shape index (κ1) is 14.6. The molecule has 5 heteroatoms. The Bertz CT molecular complexity index is 694. The lowest BCUT2D eigenvalue weighted by Crippen LogP contribution is -2.05. The van der Waals surface area contributed by atoms with Gasteiger partial charge < -0.3 is 4.57 Å². The molecule has 0 N–H and O–H groups in total. The summed E-state index contributed by atoms with van der Waals surface area (Å²) in [7, 11) is 0. The van der Waals surface area contributed by atoms with Crippen molar-refractivity contribution in [3.63, 3.8) is 0 Å². The number of hydrogen-bond acceptors (Lipinski definition) is 1. The summed E-state index contributed by atoms with van der Waals surface area (Å²) in [6, 6.07) is 14.1. The van der Waals surface area contributed by atoms with Crippen molar-refractivity contribution in [2.45, 2.75) is 19.9 Å². The first-order valence-electron chi connectivity index (χ1n) is 6.74. The molecule has 0 aliphatic carbocycles. The number of aromatic nitrogens is 1. The minimum Gasteiger partial charge on any atom is -0.341 e. The molecule has 0 saturated carbocycles. The molecular formula is C16H16N4O. The van der Waals surface area contributed by atoms with Crippen LogP contribution in [-0.4, -0.2) is 10.5 Å². The average molecular weight is 280 g/mol. The van der Waals surface area contributed by atoms with E-state index < -0.39 is 5.91 Å². The van der Waals surface area contributed by atoms with Crippen molar-refractivity contribution in [3.8, 4) is 0 Å². The van der Waals surface area contributed by atoms with Crippen LogP contribution in [0, 0.1) is 0 Å². The number of hydrogen-bond donors (Lipinski definition) is 0. The van der Waals surface area contributed by atoms with Gasteiger partial charge in [-0.15, -0.1) is 0 Å². The Morgan fingerprint density at radius 1 is 1.29 bits per heavy atom. The molecule has 0 spiro atoms. The average Bonchev–Trinajstić information content (AvgIpc) is 2.88. The molecule has 5 nitrogen and oxygen atoms in total. The monoisotopic (exact) mass is 280 g/mol. The van der Waals surface area contributed by atoms with Gasteiger partial charge in [0.25, 0.3) is 0 Å². The fourth-order valence-electron chi connectivity index (χ4n) is 2.17. The standard InChI is InChI=1S/C16H16N4O/c1-2-14-8-9-15(10-11-16(21)18-19-17)20(14)12-13-6-4-3-5-7-13/h3-11H,2,12H2,1H3/b11-10+. The van der Waals surface area contributed by atoms with E-state index in [2.05, 4.69) is 33.6 Å². The molecular weight excluding hydrogens is 264 g/mol. The first-order chi connectivity index (χ1) is 10.2. The summed E-state index contributed by atoms with van der Waals surface area (Å²) in [5, 5.41) is 3.03. The smallest absolute Gasteiger partial charge is 0.242 e. The van der Waals surface area contributed by atoms with E-state index in [1.54, 1.807) is 6.08 Å². The second-order valence-corrected chi connectivity index (χ2v) is 4.54. The molecule has 1 amide bonds. The molecule has 0 atom stereocenters. The lowest BCUT2D eigenvalue weighted by Gasteiger charge is -2.11. The Hall–Kier alpha value is -2.78. The molecule has 2 rings (SSSR count). The Morgan fingerprint density at radius 3 is 2.71 bits per heavy atom. The van der Waals surface area contributed by atoms with E-state index in [1.165, 1.54) is 17.3 Å². The van der Waals surface area contributed by atoms with Gasteiger partial charge in [-0.05, 0) is 46.9 Å². The number of amides is 1. The van der Waals surface area contributed by atoms with Crippen LogP contribution in [0.3, 0.4) is 0 Å². The topological polar surface area (TPSA) is 70.8 Å². The maximum absolute atomic E-state index is 11.2. The summed E-state index contributed by atoms with van der Waals surface area (Å²) in [6.45, 7) is 2.84. The fourth-order valence-corrected chi connectivity index (χ4v) is 2.17. The van der Waals surface area contributed by atoms with Crippen molar-refractivity contribution in [2.24, 2.45) is 5.11 Å². The Balaban J connectivity index is 2.28. The van der Waals surface area contributed by atoms with Crippen LogP contribution in [0.4, 0.5) is 0 Å². The van der Waals surface area contributed by atoms with Gasteiger partial charge in [0, 0.05) is 22.8 Å². The van der Waals surface area contributed by atoms with Crippen molar-refractivity contribution in [1.29, 1.82) is 0 Å². The van der Waals surface area contributed by atoms with Crippen molar-refractivity contribution >= 4 is 12.0 Å². The molecule has 0 unspecified atom stereocenters. The SMILES string of the molecule is CCc1ccc(/C=C/C(=O)N=[N+]=[N-])n1Cc1ccccc1. The van der Waals surface area contributed by atoms with Crippen LogP contribution in [0.2, 0.25) is 0 Å². The first-order valence-corrected chi connectivity index (χ1v) is 6.74. The number of benzene rings is 1. The highest BCUT2D eigenvalue weighted by atomic mass is 16.1. The van der Waals surface area contributed by atoms with E-state index in [4.69, 9.17) is 5.53 Å². The fraction of sp³-hybridized carbons (Fsp3) is 0.188. The summed E-state index contributed by atoms with van der Waals surface area (Å²) >= 11 is 0. The van der Waals surface area contributed by atoms with Crippen LogP contribution in [0.25, 0.3) is 16.5 Å². The van der Waals surface area contributed by atoms with Crippen molar-refractivity contribution in [3.05, 3.63) is 75.9 Å². The van der Waals surface area contributed by atoms with Crippen molar-refractivity contribution < 1.29 is 4.79 Å². The van der Waals surface area contributed by atoms with Crippen LogP contribution in [0.1, 0.15) is 23.9 Å². The van der Waals surface area contributed by atoms with Gasteiger partial charge in [-0.1, -0.05) is 37.3 Å². The summed E-state index contributed by atoms with van der Waals surface area (Å²) in [5.41, 5.74) is 11.5. The number of carbonyl (C=O) groups is 1. The molecule has 0 fully saturated rings. The van der Waals surface area contributed by atoms with E-state index >= 15 is 0 Å². The van der Waals surface area contributed by atoms with Gasteiger partial charge in [-0.25, -0.2) is 0 Å². The molecule has 0 radical (unpaired) electrons. The van der Waals surface area contributed by atoms with Crippen LogP contribution in [-0.2, 0) is 17.8 Å². The predicted molar refractivity (Wildman–Crippen MR) is 82.5 cm³/mol. The van der Waals surface area contributed by atoms with Crippen LogP contribution >= 0.6 is 0 Å². The summed E-state index contributed by atoms with van der Waals surface area (Å²) < 4.78 is 2.15. The van der Waals surface area contributed by atoms with E-state index in [0.717, 1.165) is 18.7 Å². The molecule has 0 bridgehead atoms. The predicted octanol–water partition coefficient (Wildman–Crippen LogP) is 3.95. The number of nitrogens with zero attached hydrogens (tertiary/aromatic N) is 4. The van der Waals surface area contributed by atoms with Crippen molar-refractivity contribution in [1.82, 2.24) is 4.57 Å². The molecule has 106 valence electrons. The zero-order valence-corrected chi connectivity index (χ0v) is 11.8. The molecule has 0 aliphatic rings. The number of rotatable bonds is 5. The van der Waals surface area contributed by atoms with Crippen molar-refractivity contribution in [2.75, 3.05) is 0 Å². The van der Waals surface area contributed by atoms with Gasteiger partial charge >= 0.3 is 0 Å². The lowest BCUT2D eigenvalue weighted by molar-refractivity contribution is -0.113. The largest absolute Gasteiger partial charge is 0.341 e. The molecule has 2 aromatic rings. The molecule has 1 aromatic carbocycles. The molecule has 21 heavy (non-hydrogen) atoms. The third-order valence-electron chi connectivity index (χ3n) is 3.19. The summed E-state index contributed by atoms with van der Waals surface area (Å²) in [5.74, 6) is -0.594. The highest BCUT2D eigenvalue weighted by Crippen LogP contribution is 2.15. The second-order valence-electron chi connectivity index (χ2n) is 4.54.